The lowest BCUT2D eigenvalue weighted by Gasteiger charge is -2.23. The molecule has 1 aromatic carbocycles. The van der Waals surface area contributed by atoms with Gasteiger partial charge in [-0.15, -0.1) is 0 Å². The van der Waals surface area contributed by atoms with Crippen LogP contribution in [0.2, 0.25) is 0 Å². The lowest BCUT2D eigenvalue weighted by Crippen LogP contribution is -2.33. The zero-order valence-electron chi connectivity index (χ0n) is 13.9. The van der Waals surface area contributed by atoms with E-state index in [1.54, 1.807) is 0 Å². The number of likely N-dealkylation sites (tertiary alicyclic amines) is 1. The third-order valence-electron chi connectivity index (χ3n) is 5.44. The summed E-state index contributed by atoms with van der Waals surface area (Å²) in [5.74, 6) is 1.22. The molecule has 0 bridgehead atoms. The van der Waals surface area contributed by atoms with Crippen LogP contribution in [-0.2, 0) is 11.2 Å². The van der Waals surface area contributed by atoms with Crippen molar-refractivity contribution in [2.24, 2.45) is 5.92 Å². The second kappa shape index (κ2) is 7.30. The SMILES string of the molecule is CC(Cc1ccc(C2CCCCC2)cc1)C(=O)N1CCCC1. The number of benzene rings is 1. The van der Waals surface area contributed by atoms with Crippen LogP contribution in [0.1, 0.15) is 68.9 Å². The predicted molar refractivity (Wildman–Crippen MR) is 91.0 cm³/mol. The Morgan fingerprint density at radius 1 is 1.05 bits per heavy atom. The molecule has 0 radical (unpaired) electrons. The van der Waals surface area contributed by atoms with E-state index in [1.165, 1.54) is 56.1 Å². The van der Waals surface area contributed by atoms with Crippen molar-refractivity contribution in [3.8, 4) is 0 Å². The van der Waals surface area contributed by atoms with Gasteiger partial charge in [-0.25, -0.2) is 0 Å². The van der Waals surface area contributed by atoms with Crippen LogP contribution >= 0.6 is 0 Å². The third kappa shape index (κ3) is 3.71. The average molecular weight is 299 g/mol. The number of rotatable bonds is 4. The Labute approximate surface area is 134 Å². The summed E-state index contributed by atoms with van der Waals surface area (Å²) >= 11 is 0. The van der Waals surface area contributed by atoms with Gasteiger partial charge in [0.05, 0.1) is 0 Å². The van der Waals surface area contributed by atoms with Crippen LogP contribution in [0.25, 0.3) is 0 Å². The molecule has 0 spiro atoms. The molecule has 120 valence electrons. The van der Waals surface area contributed by atoms with Crippen molar-refractivity contribution in [2.75, 3.05) is 13.1 Å². The molecule has 2 fully saturated rings. The van der Waals surface area contributed by atoms with Crippen LogP contribution in [0.15, 0.2) is 24.3 Å². The summed E-state index contributed by atoms with van der Waals surface area (Å²) in [5.41, 5.74) is 2.81. The topological polar surface area (TPSA) is 20.3 Å². The smallest absolute Gasteiger partial charge is 0.225 e. The Bertz CT molecular complexity index is 481. The van der Waals surface area contributed by atoms with E-state index in [2.05, 4.69) is 31.2 Å². The van der Waals surface area contributed by atoms with E-state index < -0.39 is 0 Å². The fraction of sp³-hybridized carbons (Fsp3) is 0.650. The van der Waals surface area contributed by atoms with Crippen molar-refractivity contribution in [3.05, 3.63) is 35.4 Å². The van der Waals surface area contributed by atoms with Crippen molar-refractivity contribution in [2.45, 2.75) is 64.2 Å². The summed E-state index contributed by atoms with van der Waals surface area (Å²) in [6, 6.07) is 9.10. The van der Waals surface area contributed by atoms with Crippen LogP contribution in [0.5, 0.6) is 0 Å². The van der Waals surface area contributed by atoms with Gasteiger partial charge in [-0.1, -0.05) is 50.5 Å². The Morgan fingerprint density at radius 2 is 1.68 bits per heavy atom. The number of carbonyl (C=O) groups excluding carboxylic acids is 1. The Balaban J connectivity index is 1.56. The number of carbonyl (C=O) groups is 1. The Kier molecular flexibility index (Phi) is 5.17. The molecule has 1 unspecified atom stereocenters. The molecular formula is C20H29NO. The van der Waals surface area contributed by atoms with Gasteiger partial charge in [0.2, 0.25) is 5.91 Å². The minimum atomic E-state index is 0.110. The number of amides is 1. The monoisotopic (exact) mass is 299 g/mol. The van der Waals surface area contributed by atoms with Gasteiger partial charge in [-0.3, -0.25) is 4.79 Å². The van der Waals surface area contributed by atoms with Gasteiger partial charge >= 0.3 is 0 Å². The van der Waals surface area contributed by atoms with E-state index in [4.69, 9.17) is 0 Å². The van der Waals surface area contributed by atoms with Crippen LogP contribution in [0.4, 0.5) is 0 Å². The quantitative estimate of drug-likeness (QED) is 0.799. The van der Waals surface area contributed by atoms with Crippen molar-refractivity contribution in [3.63, 3.8) is 0 Å². The van der Waals surface area contributed by atoms with Gasteiger partial charge in [0.1, 0.15) is 0 Å². The highest BCUT2D eigenvalue weighted by molar-refractivity contribution is 5.79. The number of hydrogen-bond acceptors (Lipinski definition) is 1. The van der Waals surface area contributed by atoms with E-state index in [0.29, 0.717) is 5.91 Å². The molecule has 1 aliphatic carbocycles. The molecule has 0 aromatic heterocycles. The first-order chi connectivity index (χ1) is 10.7. The van der Waals surface area contributed by atoms with Gasteiger partial charge in [-0.2, -0.15) is 0 Å². The second-order valence-corrected chi connectivity index (χ2v) is 7.21. The number of hydrogen-bond donors (Lipinski definition) is 0. The summed E-state index contributed by atoms with van der Waals surface area (Å²) in [5, 5.41) is 0. The fourth-order valence-electron chi connectivity index (χ4n) is 4.05. The highest BCUT2D eigenvalue weighted by Crippen LogP contribution is 2.32. The largest absolute Gasteiger partial charge is 0.342 e. The molecule has 1 heterocycles. The molecule has 2 heteroatoms. The Morgan fingerprint density at radius 3 is 2.32 bits per heavy atom. The molecule has 1 saturated heterocycles. The molecule has 2 nitrogen and oxygen atoms in total. The maximum atomic E-state index is 12.4. The molecule has 1 atom stereocenters. The van der Waals surface area contributed by atoms with Gasteiger partial charge < -0.3 is 4.90 Å². The first kappa shape index (κ1) is 15.6. The zero-order valence-corrected chi connectivity index (χ0v) is 13.9. The first-order valence-electron chi connectivity index (χ1n) is 9.11. The van der Waals surface area contributed by atoms with Gasteiger partial charge in [0.25, 0.3) is 0 Å². The van der Waals surface area contributed by atoms with E-state index in [9.17, 15) is 4.79 Å². The normalized spacial score (nSPS) is 21.0. The molecule has 1 aliphatic heterocycles. The third-order valence-corrected chi connectivity index (χ3v) is 5.44. The lowest BCUT2D eigenvalue weighted by molar-refractivity contribution is -0.133. The highest BCUT2D eigenvalue weighted by atomic mass is 16.2. The van der Waals surface area contributed by atoms with Crippen molar-refractivity contribution in [1.29, 1.82) is 0 Å². The van der Waals surface area contributed by atoms with E-state index in [-0.39, 0.29) is 5.92 Å². The molecule has 1 aromatic rings. The summed E-state index contributed by atoms with van der Waals surface area (Å²) in [6.45, 7) is 4.00. The molecule has 2 aliphatic rings. The highest BCUT2D eigenvalue weighted by Gasteiger charge is 2.23. The summed E-state index contributed by atoms with van der Waals surface area (Å²) in [6.07, 6.45) is 10.1. The van der Waals surface area contributed by atoms with Crippen LogP contribution in [-0.4, -0.2) is 23.9 Å². The number of nitrogens with zero attached hydrogens (tertiary/aromatic N) is 1. The molecule has 1 amide bonds. The molecule has 3 rings (SSSR count). The zero-order chi connectivity index (χ0) is 15.4. The van der Waals surface area contributed by atoms with Crippen LogP contribution in [0.3, 0.4) is 0 Å². The predicted octanol–water partition coefficient (Wildman–Crippen LogP) is 4.54. The minimum Gasteiger partial charge on any atom is -0.342 e. The van der Waals surface area contributed by atoms with E-state index >= 15 is 0 Å². The second-order valence-electron chi connectivity index (χ2n) is 7.21. The Hall–Kier alpha value is -1.31. The lowest BCUT2D eigenvalue weighted by atomic mass is 9.83. The average Bonchev–Trinajstić information content (AvgIpc) is 3.10. The standard InChI is InChI=1S/C20H29NO/c1-16(20(22)21-13-5-6-14-21)15-17-9-11-19(12-10-17)18-7-3-2-4-8-18/h9-12,16,18H,2-8,13-15H2,1H3. The fourth-order valence-corrected chi connectivity index (χ4v) is 4.05. The minimum absolute atomic E-state index is 0.110. The molecule has 0 N–H and O–H groups in total. The van der Waals surface area contributed by atoms with Gasteiger partial charge in [0.15, 0.2) is 0 Å². The summed E-state index contributed by atoms with van der Waals surface area (Å²) < 4.78 is 0. The molecule has 22 heavy (non-hydrogen) atoms. The van der Waals surface area contributed by atoms with Crippen LogP contribution < -0.4 is 0 Å². The van der Waals surface area contributed by atoms with Crippen molar-refractivity contribution >= 4 is 5.91 Å². The van der Waals surface area contributed by atoms with Crippen LogP contribution in [0, 0.1) is 5.92 Å². The maximum absolute atomic E-state index is 12.4. The molecular weight excluding hydrogens is 270 g/mol. The van der Waals surface area contributed by atoms with Crippen molar-refractivity contribution < 1.29 is 4.79 Å². The molecule has 1 saturated carbocycles. The van der Waals surface area contributed by atoms with E-state index in [0.717, 1.165) is 25.4 Å². The van der Waals surface area contributed by atoms with Gasteiger partial charge in [-0.05, 0) is 49.1 Å². The van der Waals surface area contributed by atoms with Crippen molar-refractivity contribution in [1.82, 2.24) is 4.90 Å². The van der Waals surface area contributed by atoms with E-state index in [1.807, 2.05) is 4.90 Å². The first-order valence-corrected chi connectivity index (χ1v) is 9.11. The maximum Gasteiger partial charge on any atom is 0.225 e. The van der Waals surface area contributed by atoms with Gasteiger partial charge in [0, 0.05) is 19.0 Å². The summed E-state index contributed by atoms with van der Waals surface area (Å²) in [4.78, 5) is 14.4. The summed E-state index contributed by atoms with van der Waals surface area (Å²) in [7, 11) is 0.